The predicted molar refractivity (Wildman–Crippen MR) is 82.0 cm³/mol. The second-order valence-electron chi connectivity index (χ2n) is 4.29. The van der Waals surface area contributed by atoms with Crippen molar-refractivity contribution in [3.05, 3.63) is 46.5 Å². The van der Waals surface area contributed by atoms with Crippen LogP contribution in [0.2, 0.25) is 10.3 Å². The predicted octanol–water partition coefficient (Wildman–Crippen LogP) is 3.50. The first-order valence-corrected chi connectivity index (χ1v) is 6.97. The van der Waals surface area contributed by atoms with Gasteiger partial charge in [0, 0.05) is 0 Å². The SMILES string of the molecule is Cc1cccc(OCCC(=O)Nc2c(Cl)ncnc2Cl)c1. The summed E-state index contributed by atoms with van der Waals surface area (Å²) in [5.41, 5.74) is 1.30. The Morgan fingerprint density at radius 3 is 2.67 bits per heavy atom. The molecule has 0 atom stereocenters. The maximum absolute atomic E-state index is 11.8. The molecule has 1 heterocycles. The summed E-state index contributed by atoms with van der Waals surface area (Å²) < 4.78 is 5.50. The molecule has 1 aromatic carbocycles. The molecular weight excluding hydrogens is 313 g/mol. The van der Waals surface area contributed by atoms with E-state index in [0.717, 1.165) is 11.3 Å². The lowest BCUT2D eigenvalue weighted by Gasteiger charge is -2.09. The van der Waals surface area contributed by atoms with Crippen molar-refractivity contribution in [1.82, 2.24) is 9.97 Å². The molecule has 0 aliphatic carbocycles. The Balaban J connectivity index is 1.85. The minimum atomic E-state index is -0.277. The lowest BCUT2D eigenvalue weighted by Crippen LogP contribution is -2.16. The van der Waals surface area contributed by atoms with Gasteiger partial charge in [0.1, 0.15) is 17.8 Å². The molecule has 21 heavy (non-hydrogen) atoms. The Labute approximate surface area is 132 Å². The van der Waals surface area contributed by atoms with Crippen LogP contribution in [0.25, 0.3) is 0 Å². The molecule has 0 fully saturated rings. The van der Waals surface area contributed by atoms with Crippen LogP contribution in [0.4, 0.5) is 5.69 Å². The highest BCUT2D eigenvalue weighted by molar-refractivity contribution is 6.38. The standard InChI is InChI=1S/C14H13Cl2N3O2/c1-9-3-2-4-10(7-9)21-6-5-11(20)19-12-13(15)17-8-18-14(12)16/h2-4,7-8H,5-6H2,1H3,(H,19,20). The number of amides is 1. The van der Waals surface area contributed by atoms with Crippen molar-refractivity contribution in [3.8, 4) is 5.75 Å². The number of anilines is 1. The summed E-state index contributed by atoms with van der Waals surface area (Å²) in [6.45, 7) is 2.22. The molecule has 0 aliphatic heterocycles. The van der Waals surface area contributed by atoms with Crippen LogP contribution in [-0.4, -0.2) is 22.5 Å². The number of benzene rings is 1. The molecule has 0 spiro atoms. The van der Waals surface area contributed by atoms with Crippen molar-refractivity contribution < 1.29 is 9.53 Å². The number of ether oxygens (including phenoxy) is 1. The molecule has 110 valence electrons. The molecule has 0 bridgehead atoms. The Hall–Kier alpha value is -1.85. The number of hydrogen-bond acceptors (Lipinski definition) is 4. The first-order chi connectivity index (χ1) is 10.1. The van der Waals surface area contributed by atoms with E-state index in [1.807, 2.05) is 31.2 Å². The quantitative estimate of drug-likeness (QED) is 0.854. The van der Waals surface area contributed by atoms with E-state index in [1.54, 1.807) is 0 Å². The zero-order chi connectivity index (χ0) is 15.2. The van der Waals surface area contributed by atoms with Crippen molar-refractivity contribution in [2.75, 3.05) is 11.9 Å². The fraction of sp³-hybridized carbons (Fsp3) is 0.214. The largest absolute Gasteiger partial charge is 0.493 e. The van der Waals surface area contributed by atoms with Crippen molar-refractivity contribution in [2.24, 2.45) is 0 Å². The maximum atomic E-state index is 11.8. The molecule has 1 N–H and O–H groups in total. The normalized spacial score (nSPS) is 10.2. The Kier molecular flexibility index (Phi) is 5.36. The zero-order valence-corrected chi connectivity index (χ0v) is 12.8. The highest BCUT2D eigenvalue weighted by Crippen LogP contribution is 2.25. The van der Waals surface area contributed by atoms with Gasteiger partial charge in [0.15, 0.2) is 10.3 Å². The lowest BCUT2D eigenvalue weighted by atomic mass is 10.2. The highest BCUT2D eigenvalue weighted by Gasteiger charge is 2.11. The molecule has 5 nitrogen and oxygen atoms in total. The molecule has 7 heteroatoms. The van der Waals surface area contributed by atoms with Crippen molar-refractivity contribution in [2.45, 2.75) is 13.3 Å². The van der Waals surface area contributed by atoms with Gasteiger partial charge in [-0.15, -0.1) is 0 Å². The minimum absolute atomic E-state index is 0.1000. The summed E-state index contributed by atoms with van der Waals surface area (Å²) in [6.07, 6.45) is 1.39. The van der Waals surface area contributed by atoms with Crippen LogP contribution in [0, 0.1) is 6.92 Å². The number of halogens is 2. The summed E-state index contributed by atoms with van der Waals surface area (Å²) in [5.74, 6) is 0.447. The maximum Gasteiger partial charge on any atom is 0.227 e. The van der Waals surface area contributed by atoms with Gasteiger partial charge < -0.3 is 10.1 Å². The number of carbonyl (C=O) groups excluding carboxylic acids is 1. The van der Waals surface area contributed by atoms with Gasteiger partial charge >= 0.3 is 0 Å². The smallest absolute Gasteiger partial charge is 0.227 e. The Morgan fingerprint density at radius 1 is 1.29 bits per heavy atom. The van der Waals surface area contributed by atoms with Crippen LogP contribution in [0.5, 0.6) is 5.75 Å². The topological polar surface area (TPSA) is 64.1 Å². The van der Waals surface area contributed by atoms with Crippen LogP contribution < -0.4 is 10.1 Å². The van der Waals surface area contributed by atoms with Gasteiger partial charge in [0.25, 0.3) is 0 Å². The fourth-order valence-corrected chi connectivity index (χ4v) is 2.03. The van der Waals surface area contributed by atoms with Gasteiger partial charge in [-0.05, 0) is 24.6 Å². The second kappa shape index (κ2) is 7.24. The van der Waals surface area contributed by atoms with Gasteiger partial charge in [-0.3, -0.25) is 4.79 Å². The van der Waals surface area contributed by atoms with E-state index in [2.05, 4.69) is 15.3 Å². The average Bonchev–Trinajstić information content (AvgIpc) is 2.43. The van der Waals surface area contributed by atoms with Gasteiger partial charge in [0.2, 0.25) is 5.91 Å². The number of hydrogen-bond donors (Lipinski definition) is 1. The molecule has 2 rings (SSSR count). The third-order valence-corrected chi connectivity index (χ3v) is 3.18. The number of rotatable bonds is 5. The zero-order valence-electron chi connectivity index (χ0n) is 11.3. The van der Waals surface area contributed by atoms with E-state index >= 15 is 0 Å². The monoisotopic (exact) mass is 325 g/mol. The molecule has 1 amide bonds. The average molecular weight is 326 g/mol. The molecule has 0 saturated carbocycles. The number of aryl methyl sites for hydroxylation is 1. The summed E-state index contributed by atoms with van der Waals surface area (Å²) in [6, 6.07) is 7.60. The van der Waals surface area contributed by atoms with E-state index in [0.29, 0.717) is 0 Å². The number of nitrogens with one attached hydrogen (secondary N) is 1. The van der Waals surface area contributed by atoms with Crippen LogP contribution >= 0.6 is 23.2 Å². The molecule has 0 radical (unpaired) electrons. The first-order valence-electron chi connectivity index (χ1n) is 6.21. The van der Waals surface area contributed by atoms with Crippen LogP contribution in [0.3, 0.4) is 0 Å². The van der Waals surface area contributed by atoms with E-state index in [9.17, 15) is 4.79 Å². The molecular formula is C14H13Cl2N3O2. The van der Waals surface area contributed by atoms with Crippen molar-refractivity contribution in [1.29, 1.82) is 0 Å². The van der Waals surface area contributed by atoms with Gasteiger partial charge in [-0.1, -0.05) is 35.3 Å². The van der Waals surface area contributed by atoms with E-state index in [1.165, 1.54) is 6.33 Å². The minimum Gasteiger partial charge on any atom is -0.493 e. The third-order valence-electron chi connectivity index (χ3n) is 2.61. The molecule has 0 aliphatic rings. The van der Waals surface area contributed by atoms with Crippen LogP contribution in [0.15, 0.2) is 30.6 Å². The summed E-state index contributed by atoms with van der Waals surface area (Å²) in [5, 5.41) is 2.77. The van der Waals surface area contributed by atoms with Crippen molar-refractivity contribution in [3.63, 3.8) is 0 Å². The van der Waals surface area contributed by atoms with E-state index < -0.39 is 0 Å². The number of aromatic nitrogens is 2. The Bertz CT molecular complexity index is 630. The number of nitrogens with zero attached hydrogens (tertiary/aromatic N) is 2. The second-order valence-corrected chi connectivity index (χ2v) is 5.01. The van der Waals surface area contributed by atoms with E-state index in [-0.39, 0.29) is 34.9 Å². The summed E-state index contributed by atoms with van der Waals surface area (Å²) in [4.78, 5) is 19.3. The molecule has 2 aromatic rings. The van der Waals surface area contributed by atoms with Crippen LogP contribution in [0.1, 0.15) is 12.0 Å². The molecule has 1 aromatic heterocycles. The van der Waals surface area contributed by atoms with E-state index in [4.69, 9.17) is 27.9 Å². The van der Waals surface area contributed by atoms with Gasteiger partial charge in [-0.25, -0.2) is 9.97 Å². The van der Waals surface area contributed by atoms with Crippen LogP contribution in [-0.2, 0) is 4.79 Å². The highest BCUT2D eigenvalue weighted by atomic mass is 35.5. The summed E-state index contributed by atoms with van der Waals surface area (Å²) in [7, 11) is 0. The lowest BCUT2D eigenvalue weighted by molar-refractivity contribution is -0.116. The van der Waals surface area contributed by atoms with Crippen molar-refractivity contribution >= 4 is 34.8 Å². The molecule has 0 saturated heterocycles. The molecule has 0 unspecified atom stereocenters. The van der Waals surface area contributed by atoms with Gasteiger partial charge in [0.05, 0.1) is 13.0 Å². The summed E-state index contributed by atoms with van der Waals surface area (Å²) >= 11 is 11.7. The number of carbonyl (C=O) groups is 1. The Morgan fingerprint density at radius 2 is 2.00 bits per heavy atom. The first kappa shape index (κ1) is 15.5. The van der Waals surface area contributed by atoms with Gasteiger partial charge in [-0.2, -0.15) is 0 Å². The fourth-order valence-electron chi connectivity index (χ4n) is 1.62. The third kappa shape index (κ3) is 4.58.